The Balaban J connectivity index is 1.40. The van der Waals surface area contributed by atoms with Crippen molar-refractivity contribution < 1.29 is 4.74 Å². The van der Waals surface area contributed by atoms with Gasteiger partial charge in [-0.15, -0.1) is 0 Å². The molecule has 3 aromatic heterocycles. The highest BCUT2D eigenvalue weighted by Gasteiger charge is 2.13. The molecule has 3 aromatic rings. The molecule has 9 nitrogen and oxygen atoms in total. The number of morpholine rings is 1. The average molecular weight is 312 g/mol. The van der Waals surface area contributed by atoms with Gasteiger partial charge in [-0.3, -0.25) is 5.10 Å². The Bertz CT molecular complexity index is 781. The van der Waals surface area contributed by atoms with E-state index in [4.69, 9.17) is 4.74 Å². The summed E-state index contributed by atoms with van der Waals surface area (Å²) in [4.78, 5) is 19.6. The fourth-order valence-corrected chi connectivity index (χ4v) is 2.37. The molecule has 0 spiro atoms. The summed E-state index contributed by atoms with van der Waals surface area (Å²) in [6.45, 7) is 3.67. The molecule has 0 atom stereocenters. The van der Waals surface area contributed by atoms with Gasteiger partial charge in [0.05, 0.1) is 25.6 Å². The third-order valence-corrected chi connectivity index (χ3v) is 3.63. The SMILES string of the molecule is c1nc(N2CCOCC2)ncc1CNc1ncc2[nH]ncc2n1. The van der Waals surface area contributed by atoms with Crippen molar-refractivity contribution in [3.63, 3.8) is 0 Å². The maximum Gasteiger partial charge on any atom is 0.225 e. The van der Waals surface area contributed by atoms with Crippen molar-refractivity contribution in [1.82, 2.24) is 30.1 Å². The van der Waals surface area contributed by atoms with Crippen LogP contribution < -0.4 is 10.2 Å². The fraction of sp³-hybridized carbons (Fsp3) is 0.357. The van der Waals surface area contributed by atoms with Gasteiger partial charge in [-0.05, 0) is 0 Å². The maximum atomic E-state index is 5.33. The van der Waals surface area contributed by atoms with Crippen molar-refractivity contribution in [2.75, 3.05) is 36.5 Å². The number of anilines is 2. The maximum absolute atomic E-state index is 5.33. The third-order valence-electron chi connectivity index (χ3n) is 3.63. The Hall–Kier alpha value is -2.81. The molecule has 4 rings (SSSR count). The van der Waals surface area contributed by atoms with Gasteiger partial charge in [0, 0.05) is 37.6 Å². The van der Waals surface area contributed by atoms with Crippen LogP contribution in [0, 0.1) is 0 Å². The Morgan fingerprint density at radius 3 is 2.74 bits per heavy atom. The van der Waals surface area contributed by atoms with Gasteiger partial charge in [0.2, 0.25) is 11.9 Å². The smallest absolute Gasteiger partial charge is 0.225 e. The van der Waals surface area contributed by atoms with Crippen molar-refractivity contribution in [3.05, 3.63) is 30.4 Å². The Morgan fingerprint density at radius 1 is 1.09 bits per heavy atom. The van der Waals surface area contributed by atoms with E-state index in [2.05, 4.69) is 40.3 Å². The van der Waals surface area contributed by atoms with Gasteiger partial charge in [0.25, 0.3) is 0 Å². The van der Waals surface area contributed by atoms with Crippen LogP contribution in [0.4, 0.5) is 11.9 Å². The first-order valence-electron chi connectivity index (χ1n) is 7.42. The first kappa shape index (κ1) is 13.8. The number of aromatic amines is 1. The van der Waals surface area contributed by atoms with Crippen molar-refractivity contribution in [2.24, 2.45) is 0 Å². The molecular weight excluding hydrogens is 296 g/mol. The number of hydrogen-bond donors (Lipinski definition) is 2. The number of hydrogen-bond acceptors (Lipinski definition) is 8. The minimum absolute atomic E-state index is 0.552. The van der Waals surface area contributed by atoms with E-state index < -0.39 is 0 Å². The van der Waals surface area contributed by atoms with Crippen LogP contribution in [0.2, 0.25) is 0 Å². The van der Waals surface area contributed by atoms with Gasteiger partial charge in [0.1, 0.15) is 11.0 Å². The molecule has 1 aliphatic heterocycles. The van der Waals surface area contributed by atoms with E-state index in [1.54, 1.807) is 12.4 Å². The summed E-state index contributed by atoms with van der Waals surface area (Å²) in [6.07, 6.45) is 7.01. The standard InChI is InChI=1S/C14H16N8O/c1-3-23-4-2-22(1)14-17-6-10(7-18-14)5-15-13-16-8-12-11(20-13)9-19-21-12/h6-9H,1-5H2,(H,19,21)(H,15,16,20). The van der Waals surface area contributed by atoms with Gasteiger partial charge < -0.3 is 15.0 Å². The first-order valence-corrected chi connectivity index (χ1v) is 7.42. The van der Waals surface area contributed by atoms with E-state index in [9.17, 15) is 0 Å². The molecular formula is C14H16N8O. The number of H-pyrrole nitrogens is 1. The van der Waals surface area contributed by atoms with Crippen molar-refractivity contribution in [1.29, 1.82) is 0 Å². The largest absolute Gasteiger partial charge is 0.378 e. The highest BCUT2D eigenvalue weighted by atomic mass is 16.5. The van der Waals surface area contributed by atoms with Crippen LogP contribution in [0.1, 0.15) is 5.56 Å². The minimum atomic E-state index is 0.552. The summed E-state index contributed by atoms with van der Waals surface area (Å²) in [5.41, 5.74) is 2.56. The third kappa shape index (κ3) is 3.04. The zero-order valence-electron chi connectivity index (χ0n) is 12.4. The number of nitrogens with zero attached hydrogens (tertiary/aromatic N) is 6. The quantitative estimate of drug-likeness (QED) is 0.721. The lowest BCUT2D eigenvalue weighted by atomic mass is 10.3. The second-order valence-corrected chi connectivity index (χ2v) is 5.21. The molecule has 1 fully saturated rings. The summed E-state index contributed by atoms with van der Waals surface area (Å²) in [5.74, 6) is 1.30. The van der Waals surface area contributed by atoms with Crippen LogP contribution in [0.5, 0.6) is 0 Å². The summed E-state index contributed by atoms with van der Waals surface area (Å²) in [6, 6.07) is 0. The van der Waals surface area contributed by atoms with Gasteiger partial charge in [-0.1, -0.05) is 0 Å². The zero-order valence-corrected chi connectivity index (χ0v) is 12.4. The summed E-state index contributed by atoms with van der Waals surface area (Å²) in [5, 5.41) is 9.91. The predicted molar refractivity (Wildman–Crippen MR) is 84.1 cm³/mol. The van der Waals surface area contributed by atoms with Crippen LogP contribution in [-0.2, 0) is 11.3 Å². The molecule has 0 radical (unpaired) electrons. The number of fused-ring (bicyclic) bond motifs is 1. The average Bonchev–Trinajstić information content (AvgIpc) is 3.09. The molecule has 1 aliphatic rings. The second kappa shape index (κ2) is 6.13. The lowest BCUT2D eigenvalue weighted by molar-refractivity contribution is 0.122. The predicted octanol–water partition coefficient (Wildman–Crippen LogP) is 0.592. The molecule has 4 heterocycles. The molecule has 0 bridgehead atoms. The highest BCUT2D eigenvalue weighted by molar-refractivity contribution is 5.73. The van der Waals surface area contributed by atoms with Crippen LogP contribution in [0.25, 0.3) is 11.0 Å². The molecule has 1 saturated heterocycles. The molecule has 23 heavy (non-hydrogen) atoms. The molecule has 0 saturated carbocycles. The first-order chi connectivity index (χ1) is 11.4. The molecule has 0 unspecified atom stereocenters. The number of aromatic nitrogens is 6. The fourth-order valence-electron chi connectivity index (χ4n) is 2.37. The van der Waals surface area contributed by atoms with Crippen LogP contribution >= 0.6 is 0 Å². The monoisotopic (exact) mass is 312 g/mol. The summed E-state index contributed by atoms with van der Waals surface area (Å²) in [7, 11) is 0. The zero-order chi connectivity index (χ0) is 15.5. The lowest BCUT2D eigenvalue weighted by Gasteiger charge is -2.26. The molecule has 118 valence electrons. The van der Waals surface area contributed by atoms with Gasteiger partial charge in [-0.25, -0.2) is 19.9 Å². The number of rotatable bonds is 4. The van der Waals surface area contributed by atoms with Gasteiger partial charge in [0.15, 0.2) is 0 Å². The van der Waals surface area contributed by atoms with E-state index in [1.807, 2.05) is 12.4 Å². The van der Waals surface area contributed by atoms with E-state index in [0.29, 0.717) is 12.5 Å². The van der Waals surface area contributed by atoms with Crippen LogP contribution in [0.3, 0.4) is 0 Å². The number of nitrogens with one attached hydrogen (secondary N) is 2. The van der Waals surface area contributed by atoms with Crippen molar-refractivity contribution in [3.8, 4) is 0 Å². The molecule has 0 aliphatic carbocycles. The van der Waals surface area contributed by atoms with Gasteiger partial charge >= 0.3 is 0 Å². The van der Waals surface area contributed by atoms with Crippen LogP contribution in [-0.4, -0.2) is 56.4 Å². The molecule has 2 N–H and O–H groups in total. The Kier molecular flexibility index (Phi) is 3.68. The van der Waals surface area contributed by atoms with Crippen molar-refractivity contribution in [2.45, 2.75) is 6.54 Å². The molecule has 0 aromatic carbocycles. The second-order valence-electron chi connectivity index (χ2n) is 5.21. The Morgan fingerprint density at radius 2 is 1.91 bits per heavy atom. The summed E-state index contributed by atoms with van der Waals surface area (Å²) >= 11 is 0. The number of ether oxygens (including phenoxy) is 1. The van der Waals surface area contributed by atoms with Crippen LogP contribution in [0.15, 0.2) is 24.8 Å². The van der Waals surface area contributed by atoms with Gasteiger partial charge in [-0.2, -0.15) is 5.10 Å². The molecule has 0 amide bonds. The van der Waals surface area contributed by atoms with E-state index in [0.717, 1.165) is 48.8 Å². The normalized spacial score (nSPS) is 15.0. The highest BCUT2D eigenvalue weighted by Crippen LogP contribution is 2.11. The Labute approximate surface area is 132 Å². The van der Waals surface area contributed by atoms with Crippen molar-refractivity contribution >= 4 is 22.9 Å². The van der Waals surface area contributed by atoms with E-state index in [1.165, 1.54) is 0 Å². The van der Waals surface area contributed by atoms with E-state index >= 15 is 0 Å². The lowest BCUT2D eigenvalue weighted by Crippen LogP contribution is -2.37. The minimum Gasteiger partial charge on any atom is -0.378 e. The van der Waals surface area contributed by atoms with E-state index in [-0.39, 0.29) is 0 Å². The summed E-state index contributed by atoms with van der Waals surface area (Å²) < 4.78 is 5.33. The molecule has 9 heteroatoms. The topological polar surface area (TPSA) is 105 Å².